The molecule has 1 aliphatic rings. The third-order valence-corrected chi connectivity index (χ3v) is 5.24. The molecule has 1 heterocycles. The Labute approximate surface area is 162 Å². The molecule has 0 aromatic heterocycles. The van der Waals surface area contributed by atoms with E-state index in [9.17, 15) is 4.79 Å². The van der Waals surface area contributed by atoms with Crippen LogP contribution in [0.2, 0.25) is 0 Å². The van der Waals surface area contributed by atoms with E-state index in [0.29, 0.717) is 30.2 Å². The zero-order valence-electron chi connectivity index (χ0n) is 15.3. The van der Waals surface area contributed by atoms with Crippen molar-refractivity contribution in [1.29, 1.82) is 0 Å². The molecule has 2 aromatic carbocycles. The van der Waals surface area contributed by atoms with E-state index in [1.165, 1.54) is 0 Å². The van der Waals surface area contributed by atoms with Crippen LogP contribution in [0.1, 0.15) is 24.0 Å². The van der Waals surface area contributed by atoms with Gasteiger partial charge in [0.1, 0.15) is 5.75 Å². The standard InChI is InChI=1S/C20H22BrNO4/c1-5-22-16-7-6-13(21)10-14(16)15(20(22)23)8-12-9-18(25-3)19(26-4)11-17(12)24-2/h6-7,9-11,15H,5,8H2,1-4H3/t15-/m1/s1. The summed E-state index contributed by atoms with van der Waals surface area (Å²) in [4.78, 5) is 14.8. The minimum absolute atomic E-state index is 0.109. The number of methoxy groups -OCH3 is 3. The Bertz CT molecular complexity index is 837. The fraction of sp³-hybridized carbons (Fsp3) is 0.350. The third kappa shape index (κ3) is 3.14. The van der Waals surface area contributed by atoms with Crippen molar-refractivity contribution in [3.63, 3.8) is 0 Å². The van der Waals surface area contributed by atoms with Crippen LogP contribution in [0.4, 0.5) is 5.69 Å². The molecular weight excluding hydrogens is 398 g/mol. The lowest BCUT2D eigenvalue weighted by Crippen LogP contribution is -2.29. The molecule has 0 aliphatic carbocycles. The Morgan fingerprint density at radius 1 is 1.00 bits per heavy atom. The van der Waals surface area contributed by atoms with E-state index in [2.05, 4.69) is 15.9 Å². The van der Waals surface area contributed by atoms with E-state index in [-0.39, 0.29) is 11.8 Å². The molecule has 2 aromatic rings. The molecule has 1 aliphatic heterocycles. The zero-order chi connectivity index (χ0) is 18.8. The maximum absolute atomic E-state index is 13.0. The zero-order valence-corrected chi connectivity index (χ0v) is 16.9. The van der Waals surface area contributed by atoms with Gasteiger partial charge in [0, 0.05) is 22.8 Å². The Morgan fingerprint density at radius 2 is 1.65 bits per heavy atom. The Morgan fingerprint density at radius 3 is 2.27 bits per heavy atom. The molecule has 0 unspecified atom stereocenters. The number of amides is 1. The van der Waals surface area contributed by atoms with Gasteiger partial charge in [0.2, 0.25) is 5.91 Å². The second kappa shape index (κ2) is 7.58. The fourth-order valence-electron chi connectivity index (χ4n) is 3.49. The molecule has 5 nitrogen and oxygen atoms in total. The van der Waals surface area contributed by atoms with Crippen LogP contribution in [-0.2, 0) is 11.2 Å². The number of benzene rings is 2. The summed E-state index contributed by atoms with van der Waals surface area (Å²) in [5.41, 5.74) is 2.92. The summed E-state index contributed by atoms with van der Waals surface area (Å²) in [5, 5.41) is 0. The highest BCUT2D eigenvalue weighted by molar-refractivity contribution is 9.10. The predicted octanol–water partition coefficient (Wildman–Crippen LogP) is 4.17. The van der Waals surface area contributed by atoms with Crippen LogP contribution in [0, 0.1) is 0 Å². The van der Waals surface area contributed by atoms with Crippen molar-refractivity contribution in [2.75, 3.05) is 32.8 Å². The summed E-state index contributed by atoms with van der Waals surface area (Å²) in [5.74, 6) is 1.76. The molecule has 0 saturated heterocycles. The highest BCUT2D eigenvalue weighted by Crippen LogP contribution is 2.43. The average molecular weight is 420 g/mol. The van der Waals surface area contributed by atoms with Gasteiger partial charge in [0.05, 0.1) is 27.2 Å². The number of carbonyl (C=O) groups is 1. The van der Waals surface area contributed by atoms with Gasteiger partial charge in [0.15, 0.2) is 11.5 Å². The third-order valence-electron chi connectivity index (χ3n) is 4.75. The van der Waals surface area contributed by atoms with Gasteiger partial charge in [-0.15, -0.1) is 0 Å². The molecule has 26 heavy (non-hydrogen) atoms. The average Bonchev–Trinajstić information content (AvgIpc) is 2.91. The monoisotopic (exact) mass is 419 g/mol. The van der Waals surface area contributed by atoms with Crippen molar-refractivity contribution < 1.29 is 19.0 Å². The number of ether oxygens (including phenoxy) is 3. The molecule has 1 atom stereocenters. The maximum atomic E-state index is 13.0. The summed E-state index contributed by atoms with van der Waals surface area (Å²) in [7, 11) is 4.80. The van der Waals surface area contributed by atoms with Gasteiger partial charge in [-0.05, 0) is 48.7 Å². The van der Waals surface area contributed by atoms with Gasteiger partial charge in [-0.1, -0.05) is 15.9 Å². The van der Waals surface area contributed by atoms with Crippen molar-refractivity contribution in [3.05, 3.63) is 45.9 Å². The van der Waals surface area contributed by atoms with Crippen LogP contribution in [0.3, 0.4) is 0 Å². The summed E-state index contributed by atoms with van der Waals surface area (Å²) in [6, 6.07) is 9.67. The van der Waals surface area contributed by atoms with Crippen LogP contribution in [-0.4, -0.2) is 33.8 Å². The van der Waals surface area contributed by atoms with E-state index < -0.39 is 0 Å². The molecule has 0 radical (unpaired) electrons. The quantitative estimate of drug-likeness (QED) is 0.704. The Hall–Kier alpha value is -2.21. The second-order valence-corrected chi connectivity index (χ2v) is 6.98. The summed E-state index contributed by atoms with van der Waals surface area (Å²) in [6.07, 6.45) is 0.530. The number of hydrogen-bond donors (Lipinski definition) is 0. The number of likely N-dealkylation sites (N-methyl/N-ethyl adjacent to an activating group) is 1. The first-order valence-electron chi connectivity index (χ1n) is 8.43. The normalized spacial score (nSPS) is 15.8. The van der Waals surface area contributed by atoms with Crippen LogP contribution in [0.5, 0.6) is 17.2 Å². The number of rotatable bonds is 6. The maximum Gasteiger partial charge on any atom is 0.234 e. The second-order valence-electron chi connectivity index (χ2n) is 6.06. The van der Waals surface area contributed by atoms with Gasteiger partial charge >= 0.3 is 0 Å². The highest BCUT2D eigenvalue weighted by atomic mass is 79.9. The largest absolute Gasteiger partial charge is 0.496 e. The van der Waals surface area contributed by atoms with Gasteiger partial charge in [-0.3, -0.25) is 4.79 Å². The Balaban J connectivity index is 2.04. The van der Waals surface area contributed by atoms with Crippen molar-refractivity contribution in [2.45, 2.75) is 19.3 Å². The van der Waals surface area contributed by atoms with E-state index in [1.807, 2.05) is 36.1 Å². The minimum Gasteiger partial charge on any atom is -0.496 e. The summed E-state index contributed by atoms with van der Waals surface area (Å²) in [6.45, 7) is 2.64. The minimum atomic E-state index is -0.255. The number of carbonyl (C=O) groups excluding carboxylic acids is 1. The first kappa shape index (κ1) is 18.6. The lowest BCUT2D eigenvalue weighted by atomic mass is 9.92. The molecule has 3 rings (SSSR count). The molecule has 0 N–H and O–H groups in total. The molecule has 0 spiro atoms. The van der Waals surface area contributed by atoms with Crippen LogP contribution < -0.4 is 19.1 Å². The molecular formula is C20H22BrNO4. The molecule has 0 fully saturated rings. The number of anilines is 1. The fourth-order valence-corrected chi connectivity index (χ4v) is 3.86. The van der Waals surface area contributed by atoms with Crippen LogP contribution in [0.25, 0.3) is 0 Å². The topological polar surface area (TPSA) is 48.0 Å². The lowest BCUT2D eigenvalue weighted by molar-refractivity contribution is -0.119. The van der Waals surface area contributed by atoms with Crippen LogP contribution >= 0.6 is 15.9 Å². The molecule has 138 valence electrons. The van der Waals surface area contributed by atoms with Crippen molar-refractivity contribution >= 4 is 27.5 Å². The van der Waals surface area contributed by atoms with E-state index >= 15 is 0 Å². The molecule has 1 amide bonds. The summed E-state index contributed by atoms with van der Waals surface area (Å²) < 4.78 is 17.3. The molecule has 0 saturated carbocycles. The first-order chi connectivity index (χ1) is 12.5. The van der Waals surface area contributed by atoms with Crippen molar-refractivity contribution in [2.24, 2.45) is 0 Å². The van der Waals surface area contributed by atoms with Gasteiger partial charge in [-0.25, -0.2) is 0 Å². The van der Waals surface area contributed by atoms with Crippen LogP contribution in [0.15, 0.2) is 34.8 Å². The number of halogens is 1. The number of nitrogens with zero attached hydrogens (tertiary/aromatic N) is 1. The number of fused-ring (bicyclic) bond motifs is 1. The number of hydrogen-bond acceptors (Lipinski definition) is 4. The predicted molar refractivity (Wildman–Crippen MR) is 105 cm³/mol. The van der Waals surface area contributed by atoms with Crippen molar-refractivity contribution in [1.82, 2.24) is 0 Å². The summed E-state index contributed by atoms with van der Waals surface area (Å²) >= 11 is 3.52. The SMILES string of the molecule is CCN1C(=O)[C@H](Cc2cc(OC)c(OC)cc2OC)c2cc(Br)ccc21. The molecule has 0 bridgehead atoms. The van der Waals surface area contributed by atoms with Gasteiger partial charge < -0.3 is 19.1 Å². The Kier molecular flexibility index (Phi) is 5.41. The first-order valence-corrected chi connectivity index (χ1v) is 9.23. The van der Waals surface area contributed by atoms with E-state index in [4.69, 9.17) is 14.2 Å². The lowest BCUT2D eigenvalue weighted by Gasteiger charge is -2.17. The van der Waals surface area contributed by atoms with Gasteiger partial charge in [0.25, 0.3) is 0 Å². The van der Waals surface area contributed by atoms with Crippen molar-refractivity contribution in [3.8, 4) is 17.2 Å². The van der Waals surface area contributed by atoms with E-state index in [0.717, 1.165) is 21.3 Å². The smallest absolute Gasteiger partial charge is 0.234 e. The highest BCUT2D eigenvalue weighted by Gasteiger charge is 2.37. The van der Waals surface area contributed by atoms with E-state index in [1.54, 1.807) is 27.4 Å². The molecule has 6 heteroatoms. The van der Waals surface area contributed by atoms with Gasteiger partial charge in [-0.2, -0.15) is 0 Å².